The first-order valence-electron chi connectivity index (χ1n) is 13.1. The van der Waals surface area contributed by atoms with Crippen molar-refractivity contribution in [3.63, 3.8) is 0 Å². The van der Waals surface area contributed by atoms with Gasteiger partial charge in [-0.15, -0.1) is 11.3 Å². The number of primary amides is 1. The van der Waals surface area contributed by atoms with Crippen LogP contribution in [0.15, 0.2) is 6.33 Å². The van der Waals surface area contributed by atoms with E-state index in [4.69, 9.17) is 15.2 Å². The van der Waals surface area contributed by atoms with Crippen LogP contribution in [0, 0.1) is 0 Å². The zero-order valence-corrected chi connectivity index (χ0v) is 22.3. The van der Waals surface area contributed by atoms with Crippen molar-refractivity contribution in [2.45, 2.75) is 89.4 Å². The standard InChI is InChI=1S/C26H37N5O4S/c1-26(2,3)35-25(33)31-12-10-30(11-13-31)17-5-7-18(8-6-17)34-23-22-21-16(14-20(27)32)4-9-19(21)36-24(22)29-15-28-23/h15-18H,4-14H2,1-3H3,(H2,27,32)/t16-,17?,18?/m1/s1. The molecule has 1 saturated carbocycles. The number of nitrogens with zero attached hydrogens (tertiary/aromatic N) is 4. The van der Waals surface area contributed by atoms with Crippen molar-refractivity contribution in [2.75, 3.05) is 26.2 Å². The van der Waals surface area contributed by atoms with Gasteiger partial charge in [-0.05, 0) is 70.8 Å². The smallest absolute Gasteiger partial charge is 0.410 e. The van der Waals surface area contributed by atoms with Crippen LogP contribution in [0.2, 0.25) is 0 Å². The van der Waals surface area contributed by atoms with Crippen molar-refractivity contribution in [1.29, 1.82) is 0 Å². The molecule has 2 N–H and O–H groups in total. The summed E-state index contributed by atoms with van der Waals surface area (Å²) in [5, 5.41) is 0.988. The van der Waals surface area contributed by atoms with Crippen molar-refractivity contribution >= 4 is 33.6 Å². The Bertz CT molecular complexity index is 1110. The predicted octanol–water partition coefficient (Wildman–Crippen LogP) is 3.84. The molecule has 2 aromatic heterocycles. The molecule has 0 unspecified atom stereocenters. The number of aromatic nitrogens is 2. The summed E-state index contributed by atoms with van der Waals surface area (Å²) in [5.74, 6) is 0.523. The molecule has 0 spiro atoms. The fourth-order valence-corrected chi connectivity index (χ4v) is 7.09. The molecule has 3 aliphatic rings. The Balaban J connectivity index is 1.17. The van der Waals surface area contributed by atoms with E-state index < -0.39 is 5.60 Å². The van der Waals surface area contributed by atoms with E-state index in [2.05, 4.69) is 14.9 Å². The fraction of sp³-hybridized carbons (Fsp3) is 0.692. The van der Waals surface area contributed by atoms with Gasteiger partial charge in [-0.3, -0.25) is 9.69 Å². The average Bonchev–Trinajstić information content (AvgIpc) is 3.38. The summed E-state index contributed by atoms with van der Waals surface area (Å²) in [4.78, 5) is 39.6. The number of fused-ring (bicyclic) bond motifs is 3. The normalized spacial score (nSPS) is 25.1. The number of aryl methyl sites for hydroxylation is 1. The second-order valence-corrected chi connectivity index (χ2v) is 12.3. The molecule has 0 bridgehead atoms. The number of thiophene rings is 1. The number of piperazine rings is 1. The first-order chi connectivity index (χ1) is 17.2. The molecule has 10 heteroatoms. The molecule has 0 radical (unpaired) electrons. The minimum absolute atomic E-state index is 0.119. The molecular formula is C26H37N5O4S. The lowest BCUT2D eigenvalue weighted by molar-refractivity contribution is -0.118. The number of nitrogens with two attached hydrogens (primary N) is 1. The maximum absolute atomic E-state index is 12.4. The van der Waals surface area contributed by atoms with E-state index in [1.165, 1.54) is 10.4 Å². The molecule has 2 aromatic rings. The number of hydrogen-bond donors (Lipinski definition) is 1. The highest BCUT2D eigenvalue weighted by Gasteiger charge is 2.34. The average molecular weight is 516 g/mol. The van der Waals surface area contributed by atoms with Gasteiger partial charge in [0, 0.05) is 43.5 Å². The van der Waals surface area contributed by atoms with Crippen LogP contribution >= 0.6 is 11.3 Å². The molecule has 1 aliphatic heterocycles. The predicted molar refractivity (Wildman–Crippen MR) is 138 cm³/mol. The molecular weight excluding hydrogens is 478 g/mol. The van der Waals surface area contributed by atoms with Crippen molar-refractivity contribution in [2.24, 2.45) is 5.73 Å². The lowest BCUT2D eigenvalue weighted by atomic mass is 9.91. The van der Waals surface area contributed by atoms with Gasteiger partial charge in [-0.25, -0.2) is 14.8 Å². The van der Waals surface area contributed by atoms with Gasteiger partial charge in [0.1, 0.15) is 22.9 Å². The van der Waals surface area contributed by atoms with E-state index in [9.17, 15) is 9.59 Å². The van der Waals surface area contributed by atoms with Gasteiger partial charge in [0.2, 0.25) is 11.8 Å². The van der Waals surface area contributed by atoms with Gasteiger partial charge in [-0.2, -0.15) is 0 Å². The zero-order chi connectivity index (χ0) is 25.4. The van der Waals surface area contributed by atoms with Gasteiger partial charge in [0.25, 0.3) is 0 Å². The number of rotatable bonds is 5. The van der Waals surface area contributed by atoms with E-state index >= 15 is 0 Å². The third-order valence-corrected chi connectivity index (χ3v) is 8.72. The maximum Gasteiger partial charge on any atom is 0.410 e. The topological polar surface area (TPSA) is 111 Å². The Hall–Kier alpha value is -2.46. The molecule has 2 fully saturated rings. The van der Waals surface area contributed by atoms with Gasteiger partial charge >= 0.3 is 6.09 Å². The highest BCUT2D eigenvalue weighted by Crippen LogP contribution is 2.47. The number of carbonyl (C=O) groups excluding carboxylic acids is 2. The van der Waals surface area contributed by atoms with E-state index in [1.54, 1.807) is 17.7 Å². The zero-order valence-electron chi connectivity index (χ0n) is 21.5. The summed E-state index contributed by atoms with van der Waals surface area (Å²) < 4.78 is 12.0. The van der Waals surface area contributed by atoms with E-state index in [0.717, 1.165) is 61.8 Å². The third-order valence-electron chi connectivity index (χ3n) is 7.55. The fourth-order valence-electron chi connectivity index (χ4n) is 5.86. The highest BCUT2D eigenvalue weighted by atomic mass is 32.1. The lowest BCUT2D eigenvalue weighted by Crippen LogP contribution is -2.53. The first-order valence-corrected chi connectivity index (χ1v) is 13.9. The van der Waals surface area contributed by atoms with Crippen LogP contribution in [0.1, 0.15) is 75.7 Å². The first kappa shape index (κ1) is 25.2. The van der Waals surface area contributed by atoms with Gasteiger partial charge < -0.3 is 20.1 Å². The molecule has 0 aromatic carbocycles. The second kappa shape index (κ2) is 10.1. The molecule has 2 amide bonds. The number of amides is 2. The SMILES string of the molecule is CC(C)(C)OC(=O)N1CCN(C2CCC(Oc3ncnc4sc5c(c34)[C@@H](CC(N)=O)CC5)CC2)CC1. The van der Waals surface area contributed by atoms with Crippen LogP contribution in [0.25, 0.3) is 10.2 Å². The number of carbonyl (C=O) groups is 2. The van der Waals surface area contributed by atoms with Crippen LogP contribution in [-0.2, 0) is 16.0 Å². The Morgan fingerprint density at radius 3 is 2.47 bits per heavy atom. The third kappa shape index (κ3) is 5.44. The molecule has 36 heavy (non-hydrogen) atoms. The van der Waals surface area contributed by atoms with Gasteiger partial charge in [-0.1, -0.05) is 0 Å². The summed E-state index contributed by atoms with van der Waals surface area (Å²) >= 11 is 1.69. The van der Waals surface area contributed by atoms with E-state index in [-0.39, 0.29) is 24.0 Å². The van der Waals surface area contributed by atoms with Crippen LogP contribution in [0.5, 0.6) is 5.88 Å². The van der Waals surface area contributed by atoms with Crippen molar-refractivity contribution in [3.8, 4) is 5.88 Å². The second-order valence-electron chi connectivity index (χ2n) is 11.3. The monoisotopic (exact) mass is 515 g/mol. The van der Waals surface area contributed by atoms with Gasteiger partial charge in [0.05, 0.1) is 5.39 Å². The molecule has 1 saturated heterocycles. The molecule has 2 aliphatic carbocycles. The van der Waals surface area contributed by atoms with Crippen LogP contribution in [0.3, 0.4) is 0 Å². The van der Waals surface area contributed by atoms with Crippen molar-refractivity contribution in [1.82, 2.24) is 19.8 Å². The Morgan fingerprint density at radius 2 is 1.81 bits per heavy atom. The number of hydrogen-bond acceptors (Lipinski definition) is 8. The van der Waals surface area contributed by atoms with Crippen molar-refractivity contribution in [3.05, 3.63) is 16.8 Å². The van der Waals surface area contributed by atoms with Crippen molar-refractivity contribution < 1.29 is 19.1 Å². The summed E-state index contributed by atoms with van der Waals surface area (Å²) in [5.41, 5.74) is 6.24. The minimum atomic E-state index is -0.465. The summed E-state index contributed by atoms with van der Waals surface area (Å²) in [6.07, 6.45) is 7.83. The Labute approximate surface area is 216 Å². The summed E-state index contributed by atoms with van der Waals surface area (Å²) in [6.45, 7) is 8.88. The molecule has 1 atom stereocenters. The molecule has 3 heterocycles. The molecule has 9 nitrogen and oxygen atoms in total. The summed E-state index contributed by atoms with van der Waals surface area (Å²) in [7, 11) is 0. The Kier molecular flexibility index (Phi) is 7.09. The largest absolute Gasteiger partial charge is 0.474 e. The Morgan fingerprint density at radius 1 is 1.08 bits per heavy atom. The number of ether oxygens (including phenoxy) is 2. The van der Waals surface area contributed by atoms with E-state index in [0.29, 0.717) is 31.4 Å². The van der Waals surface area contributed by atoms with E-state index in [1.807, 2.05) is 25.7 Å². The highest BCUT2D eigenvalue weighted by molar-refractivity contribution is 7.19. The molecule has 196 valence electrons. The van der Waals surface area contributed by atoms with Crippen LogP contribution in [0.4, 0.5) is 4.79 Å². The molecule has 5 rings (SSSR count). The minimum Gasteiger partial charge on any atom is -0.474 e. The lowest BCUT2D eigenvalue weighted by Gasteiger charge is -2.42. The van der Waals surface area contributed by atoms with Gasteiger partial charge in [0.15, 0.2) is 0 Å². The quantitative estimate of drug-likeness (QED) is 0.644. The van der Waals surface area contributed by atoms with Crippen LogP contribution in [-0.4, -0.2) is 75.7 Å². The summed E-state index contributed by atoms with van der Waals surface area (Å²) in [6, 6.07) is 0.515. The maximum atomic E-state index is 12.4. The van der Waals surface area contributed by atoms with Crippen LogP contribution < -0.4 is 10.5 Å².